The van der Waals surface area contributed by atoms with E-state index < -0.39 is 16.5 Å². The van der Waals surface area contributed by atoms with Gasteiger partial charge >= 0.3 is 5.70 Å². The lowest BCUT2D eigenvalue weighted by molar-refractivity contribution is -0.415. The molecule has 1 amide bonds. The van der Waals surface area contributed by atoms with Crippen LogP contribution in [0.15, 0.2) is 11.4 Å². The Morgan fingerprint density at radius 3 is 2.33 bits per heavy atom. The van der Waals surface area contributed by atoms with Gasteiger partial charge in [0.25, 0.3) is 5.91 Å². The normalized spacial score (nSPS) is 11.4. The zero-order chi connectivity index (χ0) is 9.72. The van der Waals surface area contributed by atoms with Crippen molar-refractivity contribution < 1.29 is 9.72 Å². The van der Waals surface area contributed by atoms with Crippen molar-refractivity contribution >= 4 is 12.1 Å². The maximum Gasteiger partial charge on any atom is 0.315 e. The Labute approximate surface area is 67.9 Å². The number of hydrogen-bond acceptors (Lipinski definition) is 5. The quantitative estimate of drug-likeness (QED) is 0.214. The number of amides is 1. The molecule has 0 aromatic rings. The average molecular weight is 172 g/mol. The molecule has 0 aliphatic carbocycles. The van der Waals surface area contributed by atoms with Crippen LogP contribution < -0.4 is 11.1 Å². The van der Waals surface area contributed by atoms with Crippen molar-refractivity contribution in [1.29, 1.82) is 5.41 Å². The Morgan fingerprint density at radius 2 is 2.25 bits per heavy atom. The number of carbonyl (C=O) groups excluding carboxylic acids is 1. The summed E-state index contributed by atoms with van der Waals surface area (Å²) in [5.74, 6) is -0.965. The average Bonchev–Trinajstić information content (AvgIpc) is 1.98. The minimum absolute atomic E-state index is 0.380. The predicted molar refractivity (Wildman–Crippen MR) is 41.1 cm³/mol. The van der Waals surface area contributed by atoms with Crippen molar-refractivity contribution in [2.24, 2.45) is 5.73 Å². The summed E-state index contributed by atoms with van der Waals surface area (Å²) in [6, 6.07) is 0. The summed E-state index contributed by atoms with van der Waals surface area (Å²) in [5.41, 5.74) is 3.77. The van der Waals surface area contributed by atoms with E-state index in [1.165, 1.54) is 7.05 Å². The Kier molecular flexibility index (Phi) is 3.41. The number of allylic oxidation sites excluding steroid dienone is 1. The molecule has 0 heterocycles. The van der Waals surface area contributed by atoms with Crippen molar-refractivity contribution in [3.05, 3.63) is 21.5 Å². The van der Waals surface area contributed by atoms with Crippen molar-refractivity contribution in [3.63, 3.8) is 0 Å². The highest BCUT2D eigenvalue weighted by Crippen LogP contribution is 1.97. The van der Waals surface area contributed by atoms with Crippen LogP contribution in [0.2, 0.25) is 0 Å². The molecular formula is C5H8N4O3. The van der Waals surface area contributed by atoms with Crippen molar-refractivity contribution in [2.45, 2.75) is 0 Å². The number of nitro groups is 1. The molecule has 4 N–H and O–H groups in total. The zero-order valence-corrected chi connectivity index (χ0v) is 6.33. The molecule has 7 heteroatoms. The third-order valence-corrected chi connectivity index (χ3v) is 1.09. The molecule has 0 radical (unpaired) electrons. The van der Waals surface area contributed by atoms with Gasteiger partial charge in [0.05, 0.1) is 11.1 Å². The largest absolute Gasteiger partial charge is 0.378 e. The number of primary amides is 1. The van der Waals surface area contributed by atoms with E-state index in [1.807, 2.05) is 0 Å². The number of rotatable bonds is 4. The highest BCUT2D eigenvalue weighted by Gasteiger charge is 2.18. The summed E-state index contributed by atoms with van der Waals surface area (Å²) in [4.78, 5) is 19.9. The fraction of sp³-hybridized carbons (Fsp3) is 0.200. The lowest BCUT2D eigenvalue weighted by atomic mass is 10.3. The molecule has 0 unspecified atom stereocenters. The monoisotopic (exact) mass is 172 g/mol. The van der Waals surface area contributed by atoms with Gasteiger partial charge in [0.2, 0.25) is 0 Å². The van der Waals surface area contributed by atoms with Crippen LogP contribution >= 0.6 is 0 Å². The summed E-state index contributed by atoms with van der Waals surface area (Å²) in [7, 11) is 1.31. The lowest BCUT2D eigenvalue weighted by Gasteiger charge is -1.99. The van der Waals surface area contributed by atoms with E-state index in [-0.39, 0.29) is 5.70 Å². The van der Waals surface area contributed by atoms with Gasteiger partial charge < -0.3 is 16.5 Å². The second-order valence-corrected chi connectivity index (χ2v) is 1.78. The molecule has 7 nitrogen and oxygen atoms in total. The molecular weight excluding hydrogens is 164 g/mol. The van der Waals surface area contributed by atoms with Gasteiger partial charge in [0.1, 0.15) is 0 Å². The molecule has 0 aliphatic rings. The first-order valence-electron chi connectivity index (χ1n) is 2.91. The summed E-state index contributed by atoms with van der Waals surface area (Å²) in [5, 5.41) is 19.1. The van der Waals surface area contributed by atoms with E-state index in [9.17, 15) is 14.9 Å². The molecule has 0 aliphatic heterocycles. The third kappa shape index (κ3) is 2.04. The Hall–Kier alpha value is -1.92. The third-order valence-electron chi connectivity index (χ3n) is 1.09. The fourth-order valence-electron chi connectivity index (χ4n) is 0.594. The standard InChI is InChI=1S/C5H8N4O3/c1-8-4(5(7)10)3(2-6)9(11)12/h2,6,8H,1H3,(H2,7,10)/b4-3+,6-2?. The van der Waals surface area contributed by atoms with Crippen LogP contribution in [0.5, 0.6) is 0 Å². The molecule has 12 heavy (non-hydrogen) atoms. The smallest absolute Gasteiger partial charge is 0.315 e. The molecule has 0 fully saturated rings. The van der Waals surface area contributed by atoms with Gasteiger partial charge in [0, 0.05) is 7.05 Å². The minimum atomic E-state index is -0.965. The van der Waals surface area contributed by atoms with Gasteiger partial charge in [-0.2, -0.15) is 0 Å². The SMILES string of the molecule is CN/C(C(N)=O)=C(\C=N)[N+](=O)[O-]. The van der Waals surface area contributed by atoms with Crippen LogP contribution in [0.25, 0.3) is 0 Å². The highest BCUT2D eigenvalue weighted by atomic mass is 16.6. The van der Waals surface area contributed by atoms with Crippen molar-refractivity contribution in [1.82, 2.24) is 5.32 Å². The molecule has 0 spiro atoms. The van der Waals surface area contributed by atoms with Crippen LogP contribution in [0.1, 0.15) is 0 Å². The van der Waals surface area contributed by atoms with Crippen molar-refractivity contribution in [2.75, 3.05) is 7.05 Å². The predicted octanol–water partition coefficient (Wildman–Crippen LogP) is -1.17. The van der Waals surface area contributed by atoms with Gasteiger partial charge in [-0.05, 0) is 0 Å². The number of hydrogen-bond donors (Lipinski definition) is 3. The highest BCUT2D eigenvalue weighted by molar-refractivity contribution is 5.96. The summed E-state index contributed by atoms with van der Waals surface area (Å²) < 4.78 is 0. The molecule has 0 aromatic heterocycles. The maximum atomic E-state index is 10.5. The molecule has 0 rings (SSSR count). The Balaban J connectivity index is 5.15. The number of carbonyl (C=O) groups is 1. The van der Waals surface area contributed by atoms with Crippen LogP contribution in [0.3, 0.4) is 0 Å². The number of nitrogens with one attached hydrogen (secondary N) is 2. The number of likely N-dealkylation sites (N-methyl/N-ethyl adjacent to an activating group) is 1. The van der Waals surface area contributed by atoms with Gasteiger partial charge in [0.15, 0.2) is 5.70 Å². The van der Waals surface area contributed by atoms with E-state index >= 15 is 0 Å². The van der Waals surface area contributed by atoms with Crippen LogP contribution in [0, 0.1) is 15.5 Å². The fourth-order valence-corrected chi connectivity index (χ4v) is 0.594. The molecule has 0 atom stereocenters. The summed E-state index contributed by atoms with van der Waals surface area (Å²) >= 11 is 0. The van der Waals surface area contributed by atoms with E-state index in [2.05, 4.69) is 5.32 Å². The zero-order valence-electron chi connectivity index (χ0n) is 6.33. The van der Waals surface area contributed by atoms with E-state index in [0.29, 0.717) is 6.21 Å². The Morgan fingerprint density at radius 1 is 1.75 bits per heavy atom. The topological polar surface area (TPSA) is 122 Å². The summed E-state index contributed by atoms with van der Waals surface area (Å²) in [6.07, 6.45) is 0.455. The van der Waals surface area contributed by atoms with Crippen molar-refractivity contribution in [3.8, 4) is 0 Å². The maximum absolute atomic E-state index is 10.5. The molecule has 0 aromatic carbocycles. The lowest BCUT2D eigenvalue weighted by Crippen LogP contribution is -2.27. The first kappa shape index (κ1) is 10.1. The second-order valence-electron chi connectivity index (χ2n) is 1.78. The molecule has 0 saturated heterocycles. The number of nitrogens with zero attached hydrogens (tertiary/aromatic N) is 1. The van der Waals surface area contributed by atoms with Gasteiger partial charge in [-0.3, -0.25) is 14.9 Å². The van der Waals surface area contributed by atoms with Gasteiger partial charge in [-0.25, -0.2) is 0 Å². The minimum Gasteiger partial charge on any atom is -0.378 e. The Bertz CT molecular complexity index is 257. The molecule has 0 saturated carbocycles. The van der Waals surface area contributed by atoms with E-state index in [1.54, 1.807) is 0 Å². The van der Waals surface area contributed by atoms with Gasteiger partial charge in [-0.15, -0.1) is 0 Å². The van der Waals surface area contributed by atoms with Crippen LogP contribution in [0.4, 0.5) is 0 Å². The second kappa shape index (κ2) is 4.06. The van der Waals surface area contributed by atoms with Crippen LogP contribution in [-0.4, -0.2) is 24.1 Å². The first-order valence-corrected chi connectivity index (χ1v) is 2.91. The van der Waals surface area contributed by atoms with Gasteiger partial charge in [-0.1, -0.05) is 0 Å². The number of nitrogens with two attached hydrogens (primary N) is 1. The van der Waals surface area contributed by atoms with Crippen LogP contribution in [-0.2, 0) is 4.79 Å². The summed E-state index contributed by atoms with van der Waals surface area (Å²) in [6.45, 7) is 0. The molecule has 66 valence electrons. The van der Waals surface area contributed by atoms with E-state index in [0.717, 1.165) is 0 Å². The molecule has 0 bridgehead atoms. The first-order chi connectivity index (χ1) is 5.54. The van der Waals surface area contributed by atoms with E-state index in [4.69, 9.17) is 11.1 Å².